The molecule has 0 amide bonds. The van der Waals surface area contributed by atoms with Gasteiger partial charge in [-0.05, 0) is 17.0 Å². The summed E-state index contributed by atoms with van der Waals surface area (Å²) in [6, 6.07) is 12.2. The van der Waals surface area contributed by atoms with Crippen molar-refractivity contribution >= 4 is 16.5 Å². The van der Waals surface area contributed by atoms with Crippen molar-refractivity contribution in [3.8, 4) is 0 Å². The van der Waals surface area contributed by atoms with Crippen LogP contribution in [0.2, 0.25) is 0 Å². The highest BCUT2D eigenvalue weighted by Gasteiger charge is 2.33. The highest BCUT2D eigenvalue weighted by atomic mass is 16.3. The van der Waals surface area contributed by atoms with Crippen LogP contribution in [0.25, 0.3) is 10.8 Å². The van der Waals surface area contributed by atoms with Crippen LogP contribution in [-0.4, -0.2) is 29.0 Å². The largest absolute Gasteiger partial charge is 0.394 e. The number of benzene rings is 2. The Labute approximate surface area is 99.7 Å². The van der Waals surface area contributed by atoms with Crippen molar-refractivity contribution < 1.29 is 10.2 Å². The molecule has 0 radical (unpaired) electrons. The van der Waals surface area contributed by atoms with Crippen LogP contribution in [0.3, 0.4) is 0 Å². The summed E-state index contributed by atoms with van der Waals surface area (Å²) in [4.78, 5) is 0. The zero-order chi connectivity index (χ0) is 11.9. The topological polar surface area (TPSA) is 52.5 Å². The van der Waals surface area contributed by atoms with E-state index in [2.05, 4.69) is 23.5 Å². The number of nitrogens with one attached hydrogen (secondary N) is 1. The molecule has 3 N–H and O–H groups in total. The fraction of sp³-hybridized carbons (Fsp3) is 0.286. The average Bonchev–Trinajstić information content (AvgIpc) is 2.39. The molecule has 0 unspecified atom stereocenters. The van der Waals surface area contributed by atoms with Crippen molar-refractivity contribution in [2.24, 2.45) is 0 Å². The molecule has 2 aromatic carbocycles. The first-order chi connectivity index (χ1) is 8.28. The Bertz CT molecular complexity index is 518. The lowest BCUT2D eigenvalue weighted by Crippen LogP contribution is -2.49. The summed E-state index contributed by atoms with van der Waals surface area (Å²) >= 11 is 0. The molecule has 17 heavy (non-hydrogen) atoms. The minimum atomic E-state index is -0.636. The molecule has 3 rings (SSSR count). The maximum atomic E-state index is 9.50. The molecule has 2 aromatic rings. The van der Waals surface area contributed by atoms with Crippen LogP contribution in [0.5, 0.6) is 0 Å². The normalized spacial score (nSPS) is 16.8. The SMILES string of the molecule is OCC1(CO)Cc2cccc3cccc(c23)N1. The van der Waals surface area contributed by atoms with E-state index in [9.17, 15) is 10.2 Å². The quantitative estimate of drug-likeness (QED) is 0.732. The van der Waals surface area contributed by atoms with Gasteiger partial charge in [0.05, 0.1) is 18.8 Å². The summed E-state index contributed by atoms with van der Waals surface area (Å²) < 4.78 is 0. The van der Waals surface area contributed by atoms with E-state index in [1.54, 1.807) is 0 Å². The first-order valence-electron chi connectivity index (χ1n) is 5.78. The molecule has 1 aliphatic rings. The van der Waals surface area contributed by atoms with E-state index in [0.29, 0.717) is 6.42 Å². The van der Waals surface area contributed by atoms with Crippen molar-refractivity contribution in [1.82, 2.24) is 0 Å². The second kappa shape index (κ2) is 3.72. The van der Waals surface area contributed by atoms with Crippen molar-refractivity contribution in [2.45, 2.75) is 12.0 Å². The number of aliphatic hydroxyl groups excluding tert-OH is 2. The van der Waals surface area contributed by atoms with Crippen molar-refractivity contribution in [3.63, 3.8) is 0 Å². The van der Waals surface area contributed by atoms with Gasteiger partial charge >= 0.3 is 0 Å². The predicted octanol–water partition coefficient (Wildman–Crippen LogP) is 1.53. The van der Waals surface area contributed by atoms with Crippen LogP contribution in [0.1, 0.15) is 5.56 Å². The van der Waals surface area contributed by atoms with E-state index in [4.69, 9.17) is 0 Å². The fourth-order valence-electron chi connectivity index (χ4n) is 2.61. The third kappa shape index (κ3) is 1.51. The van der Waals surface area contributed by atoms with Crippen molar-refractivity contribution in [1.29, 1.82) is 0 Å². The molecule has 1 aliphatic heterocycles. The Hall–Kier alpha value is -1.58. The van der Waals surface area contributed by atoms with Crippen LogP contribution in [0.4, 0.5) is 5.69 Å². The lowest BCUT2D eigenvalue weighted by molar-refractivity contribution is 0.134. The van der Waals surface area contributed by atoms with Gasteiger partial charge in [-0.1, -0.05) is 30.3 Å². The van der Waals surface area contributed by atoms with Crippen LogP contribution >= 0.6 is 0 Å². The van der Waals surface area contributed by atoms with Gasteiger partial charge in [0, 0.05) is 17.5 Å². The minimum absolute atomic E-state index is 0.0752. The molecular formula is C14H15NO2. The van der Waals surface area contributed by atoms with E-state index >= 15 is 0 Å². The van der Waals surface area contributed by atoms with E-state index < -0.39 is 5.54 Å². The molecule has 0 aromatic heterocycles. The Morgan fingerprint density at radius 3 is 2.47 bits per heavy atom. The van der Waals surface area contributed by atoms with Gasteiger partial charge in [-0.15, -0.1) is 0 Å². The van der Waals surface area contributed by atoms with Crippen LogP contribution < -0.4 is 5.32 Å². The number of hydrogen-bond donors (Lipinski definition) is 3. The number of anilines is 1. The Morgan fingerprint density at radius 1 is 1.06 bits per heavy atom. The Balaban J connectivity index is 2.23. The molecule has 0 saturated heterocycles. The van der Waals surface area contributed by atoms with Crippen LogP contribution in [-0.2, 0) is 6.42 Å². The maximum Gasteiger partial charge on any atom is 0.0875 e. The molecule has 0 fully saturated rings. The average molecular weight is 229 g/mol. The molecular weight excluding hydrogens is 214 g/mol. The highest BCUT2D eigenvalue weighted by Crippen LogP contribution is 2.35. The molecule has 0 spiro atoms. The Kier molecular flexibility index (Phi) is 2.31. The predicted molar refractivity (Wildman–Crippen MR) is 68.2 cm³/mol. The molecule has 0 atom stereocenters. The molecule has 0 bridgehead atoms. The molecule has 0 aliphatic carbocycles. The third-order valence-corrected chi connectivity index (χ3v) is 3.52. The second-order valence-electron chi connectivity index (χ2n) is 4.72. The molecule has 88 valence electrons. The van der Waals surface area contributed by atoms with Crippen molar-refractivity contribution in [3.05, 3.63) is 42.0 Å². The van der Waals surface area contributed by atoms with Gasteiger partial charge in [-0.25, -0.2) is 0 Å². The lowest BCUT2D eigenvalue weighted by atomic mass is 9.85. The maximum absolute atomic E-state index is 9.50. The van der Waals surface area contributed by atoms with Gasteiger partial charge in [0.25, 0.3) is 0 Å². The highest BCUT2D eigenvalue weighted by molar-refractivity contribution is 5.98. The monoisotopic (exact) mass is 229 g/mol. The third-order valence-electron chi connectivity index (χ3n) is 3.52. The van der Waals surface area contributed by atoms with E-state index in [1.165, 1.54) is 16.3 Å². The zero-order valence-electron chi connectivity index (χ0n) is 9.48. The zero-order valence-corrected chi connectivity index (χ0v) is 9.48. The molecule has 1 heterocycles. The van der Waals surface area contributed by atoms with Crippen LogP contribution in [0, 0.1) is 0 Å². The number of rotatable bonds is 2. The Morgan fingerprint density at radius 2 is 1.76 bits per heavy atom. The summed E-state index contributed by atoms with van der Waals surface area (Å²) in [5, 5.41) is 24.7. The number of hydrogen-bond acceptors (Lipinski definition) is 3. The van der Waals surface area contributed by atoms with E-state index in [-0.39, 0.29) is 13.2 Å². The smallest absolute Gasteiger partial charge is 0.0875 e. The molecule has 3 nitrogen and oxygen atoms in total. The van der Waals surface area contributed by atoms with E-state index in [0.717, 1.165) is 5.69 Å². The van der Waals surface area contributed by atoms with Gasteiger partial charge < -0.3 is 15.5 Å². The van der Waals surface area contributed by atoms with Gasteiger partial charge in [-0.3, -0.25) is 0 Å². The lowest BCUT2D eigenvalue weighted by Gasteiger charge is -2.37. The number of aliphatic hydroxyl groups is 2. The molecule has 0 saturated carbocycles. The molecule has 3 heteroatoms. The minimum Gasteiger partial charge on any atom is -0.394 e. The fourth-order valence-corrected chi connectivity index (χ4v) is 2.61. The first kappa shape index (κ1) is 10.6. The summed E-state index contributed by atoms with van der Waals surface area (Å²) in [7, 11) is 0. The standard InChI is InChI=1S/C14H15NO2/c16-8-14(9-17)7-11-5-1-3-10-4-2-6-12(15-14)13(10)11/h1-6,15-17H,7-9H2. The summed E-state index contributed by atoms with van der Waals surface area (Å²) in [5.74, 6) is 0. The van der Waals surface area contributed by atoms with Crippen LogP contribution in [0.15, 0.2) is 36.4 Å². The van der Waals surface area contributed by atoms with Gasteiger partial charge in [0.1, 0.15) is 0 Å². The van der Waals surface area contributed by atoms with Gasteiger partial charge in [0.15, 0.2) is 0 Å². The van der Waals surface area contributed by atoms with Gasteiger partial charge in [-0.2, -0.15) is 0 Å². The first-order valence-corrected chi connectivity index (χ1v) is 5.78. The van der Waals surface area contributed by atoms with Gasteiger partial charge in [0.2, 0.25) is 0 Å². The summed E-state index contributed by atoms with van der Waals surface area (Å²) in [5.41, 5.74) is 1.54. The van der Waals surface area contributed by atoms with Crippen molar-refractivity contribution in [2.75, 3.05) is 18.5 Å². The summed E-state index contributed by atoms with van der Waals surface area (Å²) in [6.07, 6.45) is 0.647. The second-order valence-corrected chi connectivity index (χ2v) is 4.72. The summed E-state index contributed by atoms with van der Waals surface area (Å²) in [6.45, 7) is -0.150. The van der Waals surface area contributed by atoms with E-state index in [1.807, 2.05) is 18.2 Å².